The van der Waals surface area contributed by atoms with E-state index in [9.17, 15) is 4.79 Å². The molecule has 1 rings (SSSR count). The summed E-state index contributed by atoms with van der Waals surface area (Å²) in [5.41, 5.74) is 5.20. The van der Waals surface area contributed by atoms with Gasteiger partial charge in [0.1, 0.15) is 12.0 Å². The van der Waals surface area contributed by atoms with Crippen molar-refractivity contribution in [2.75, 3.05) is 0 Å². The van der Waals surface area contributed by atoms with Crippen molar-refractivity contribution >= 4 is 28.8 Å². The molecule has 9 heavy (non-hydrogen) atoms. The molecule has 0 atom stereocenters. The standard InChI is InChI=1S/C4H4IN3O/c5-8-1-3(4(6)9)7-2-8/h1-2H,(H2,6,9). The Hall–Kier alpha value is -0.590. The van der Waals surface area contributed by atoms with Gasteiger partial charge in [-0.05, 0) is 0 Å². The molecule has 0 bridgehead atoms. The molecule has 4 nitrogen and oxygen atoms in total. The van der Waals surface area contributed by atoms with Crippen LogP contribution >= 0.6 is 22.9 Å². The van der Waals surface area contributed by atoms with Crippen molar-refractivity contribution in [1.82, 2.24) is 7.76 Å². The molecule has 1 heterocycles. The average molecular weight is 237 g/mol. The summed E-state index contributed by atoms with van der Waals surface area (Å²) >= 11 is 1.98. The van der Waals surface area contributed by atoms with E-state index in [0.29, 0.717) is 5.69 Å². The second-order valence-corrected chi connectivity index (χ2v) is 2.58. The number of hydrogen-bond donors (Lipinski definition) is 1. The van der Waals surface area contributed by atoms with Gasteiger partial charge in [-0.1, -0.05) is 0 Å². The Bertz CT molecular complexity index is 231. The highest BCUT2D eigenvalue weighted by molar-refractivity contribution is 14.1. The van der Waals surface area contributed by atoms with Gasteiger partial charge in [0.25, 0.3) is 5.91 Å². The van der Waals surface area contributed by atoms with Gasteiger partial charge in [0.05, 0.1) is 22.9 Å². The minimum Gasteiger partial charge on any atom is -0.364 e. The van der Waals surface area contributed by atoms with Gasteiger partial charge in [0, 0.05) is 6.20 Å². The van der Waals surface area contributed by atoms with Crippen molar-refractivity contribution < 1.29 is 4.79 Å². The molecule has 0 fully saturated rings. The predicted octanol–water partition coefficient (Wildman–Crippen LogP) is 0.180. The van der Waals surface area contributed by atoms with Gasteiger partial charge < -0.3 is 5.73 Å². The van der Waals surface area contributed by atoms with Gasteiger partial charge in [-0.15, -0.1) is 0 Å². The van der Waals surface area contributed by atoms with E-state index in [1.54, 1.807) is 8.98 Å². The Kier molecular flexibility index (Phi) is 1.70. The zero-order valence-corrected chi connectivity index (χ0v) is 6.57. The molecular formula is C4H4IN3O. The van der Waals surface area contributed by atoms with Crippen molar-refractivity contribution in [2.24, 2.45) is 5.73 Å². The van der Waals surface area contributed by atoms with Gasteiger partial charge in [0.15, 0.2) is 0 Å². The quantitative estimate of drug-likeness (QED) is 0.708. The average Bonchev–Trinajstić information content (AvgIpc) is 2.14. The summed E-state index contributed by atoms with van der Waals surface area (Å²) in [5, 5.41) is 0. The maximum Gasteiger partial charge on any atom is 0.268 e. The van der Waals surface area contributed by atoms with E-state index in [-0.39, 0.29) is 0 Å². The summed E-state index contributed by atoms with van der Waals surface area (Å²) < 4.78 is 1.64. The van der Waals surface area contributed by atoms with Crippen molar-refractivity contribution in [3.05, 3.63) is 18.2 Å². The third-order valence-corrected chi connectivity index (χ3v) is 1.33. The number of nitrogens with zero attached hydrogens (tertiary/aromatic N) is 2. The summed E-state index contributed by atoms with van der Waals surface area (Å²) in [5.74, 6) is -0.495. The largest absolute Gasteiger partial charge is 0.364 e. The number of nitrogens with two attached hydrogens (primary N) is 1. The van der Waals surface area contributed by atoms with Gasteiger partial charge in [0.2, 0.25) is 0 Å². The third kappa shape index (κ3) is 1.41. The molecule has 0 aromatic carbocycles. The third-order valence-electron chi connectivity index (χ3n) is 0.805. The molecule has 0 aliphatic carbocycles. The van der Waals surface area contributed by atoms with E-state index in [0.717, 1.165) is 0 Å². The number of hydrogen-bond acceptors (Lipinski definition) is 2. The predicted molar refractivity (Wildman–Crippen MR) is 40.2 cm³/mol. The molecule has 1 aromatic rings. The summed E-state index contributed by atoms with van der Waals surface area (Å²) in [6, 6.07) is 0. The molecule has 48 valence electrons. The fraction of sp³-hybridized carbons (Fsp3) is 0. The Morgan fingerprint density at radius 3 is 2.78 bits per heavy atom. The minimum atomic E-state index is -0.495. The van der Waals surface area contributed by atoms with Crippen molar-refractivity contribution in [2.45, 2.75) is 0 Å². The lowest BCUT2D eigenvalue weighted by Crippen LogP contribution is -2.10. The van der Waals surface area contributed by atoms with Crippen LogP contribution in [-0.2, 0) is 0 Å². The number of carbonyl (C=O) groups excluding carboxylic acids is 1. The zero-order valence-electron chi connectivity index (χ0n) is 4.41. The first-order valence-corrected chi connectivity index (χ1v) is 3.16. The van der Waals surface area contributed by atoms with Crippen LogP contribution in [0.4, 0.5) is 0 Å². The molecule has 2 N–H and O–H groups in total. The molecule has 0 unspecified atom stereocenters. The maximum absolute atomic E-state index is 10.4. The van der Waals surface area contributed by atoms with Crippen molar-refractivity contribution in [3.63, 3.8) is 0 Å². The first kappa shape index (κ1) is 6.53. The molecule has 5 heteroatoms. The second kappa shape index (κ2) is 2.34. The summed E-state index contributed by atoms with van der Waals surface area (Å²) in [4.78, 5) is 14.1. The summed E-state index contributed by atoms with van der Waals surface area (Å²) in [7, 11) is 0. The lowest BCUT2D eigenvalue weighted by atomic mass is 10.5. The number of carbonyl (C=O) groups is 1. The molecule has 0 aliphatic rings. The topological polar surface area (TPSA) is 60.9 Å². The Labute approximate surface area is 65.6 Å². The Balaban J connectivity index is 2.98. The van der Waals surface area contributed by atoms with Gasteiger partial charge >= 0.3 is 0 Å². The van der Waals surface area contributed by atoms with Crippen LogP contribution in [-0.4, -0.2) is 13.7 Å². The monoisotopic (exact) mass is 237 g/mol. The SMILES string of the molecule is NC(=O)c1cn(I)cn1. The van der Waals surface area contributed by atoms with Crippen LogP contribution in [0, 0.1) is 0 Å². The van der Waals surface area contributed by atoms with Gasteiger partial charge in [-0.25, -0.2) is 4.98 Å². The molecule has 0 radical (unpaired) electrons. The van der Waals surface area contributed by atoms with Gasteiger partial charge in [-0.3, -0.25) is 7.58 Å². The Morgan fingerprint density at radius 1 is 1.89 bits per heavy atom. The molecule has 0 aliphatic heterocycles. The van der Waals surface area contributed by atoms with Crippen LogP contribution in [0.1, 0.15) is 10.5 Å². The molecule has 0 saturated carbocycles. The number of imidazole rings is 1. The van der Waals surface area contributed by atoms with E-state index >= 15 is 0 Å². The zero-order chi connectivity index (χ0) is 6.85. The number of rotatable bonds is 1. The van der Waals surface area contributed by atoms with Crippen LogP contribution in [0.3, 0.4) is 0 Å². The number of amides is 1. The molecule has 0 spiro atoms. The van der Waals surface area contributed by atoms with Crippen molar-refractivity contribution in [1.29, 1.82) is 0 Å². The highest BCUT2D eigenvalue weighted by atomic mass is 127. The highest BCUT2D eigenvalue weighted by Crippen LogP contribution is 1.97. The first-order chi connectivity index (χ1) is 4.20. The van der Waals surface area contributed by atoms with Crippen LogP contribution in [0.5, 0.6) is 0 Å². The van der Waals surface area contributed by atoms with E-state index in [1.807, 2.05) is 22.9 Å². The number of halogens is 1. The van der Waals surface area contributed by atoms with Crippen LogP contribution < -0.4 is 5.73 Å². The van der Waals surface area contributed by atoms with E-state index in [4.69, 9.17) is 5.73 Å². The van der Waals surface area contributed by atoms with Crippen LogP contribution in [0.25, 0.3) is 0 Å². The highest BCUT2D eigenvalue weighted by Gasteiger charge is 2.01. The summed E-state index contributed by atoms with van der Waals surface area (Å²) in [6.07, 6.45) is 3.07. The van der Waals surface area contributed by atoms with E-state index < -0.39 is 5.91 Å². The molecule has 0 saturated heterocycles. The van der Waals surface area contributed by atoms with Crippen LogP contribution in [0.15, 0.2) is 12.5 Å². The minimum absolute atomic E-state index is 0.296. The molecular weight excluding hydrogens is 233 g/mol. The normalized spacial score (nSPS) is 9.44. The number of aromatic nitrogens is 2. The lowest BCUT2D eigenvalue weighted by molar-refractivity contribution is 0.0996. The fourth-order valence-electron chi connectivity index (χ4n) is 0.428. The second-order valence-electron chi connectivity index (χ2n) is 1.47. The maximum atomic E-state index is 10.4. The molecule has 1 amide bonds. The van der Waals surface area contributed by atoms with Gasteiger partial charge in [-0.2, -0.15) is 0 Å². The number of primary amides is 1. The lowest BCUT2D eigenvalue weighted by Gasteiger charge is -1.80. The fourth-order valence-corrected chi connectivity index (χ4v) is 0.816. The van der Waals surface area contributed by atoms with E-state index in [2.05, 4.69) is 4.98 Å². The molecule has 1 aromatic heterocycles. The first-order valence-electron chi connectivity index (χ1n) is 2.20. The summed E-state index contributed by atoms with van der Waals surface area (Å²) in [6.45, 7) is 0. The smallest absolute Gasteiger partial charge is 0.268 e. The van der Waals surface area contributed by atoms with Crippen LogP contribution in [0.2, 0.25) is 0 Å². The van der Waals surface area contributed by atoms with E-state index in [1.165, 1.54) is 6.33 Å². The Morgan fingerprint density at radius 2 is 2.56 bits per heavy atom. The van der Waals surface area contributed by atoms with Crippen molar-refractivity contribution in [3.8, 4) is 0 Å².